The Morgan fingerprint density at radius 3 is 2.48 bits per heavy atom. The van der Waals surface area contributed by atoms with Crippen LogP contribution < -0.4 is 15.8 Å². The molecule has 6 rings (SSSR count). The summed E-state index contributed by atoms with van der Waals surface area (Å²) in [4.78, 5) is 43.9. The highest BCUT2D eigenvalue weighted by molar-refractivity contribution is 5.77. The van der Waals surface area contributed by atoms with Crippen LogP contribution in [0.1, 0.15) is 46.7 Å². The second kappa shape index (κ2) is 10.8. The van der Waals surface area contributed by atoms with Gasteiger partial charge in [-0.05, 0) is 77.4 Å². The summed E-state index contributed by atoms with van der Waals surface area (Å²) in [7, 11) is 0. The molecular formula is C32H38N8O4. The molecule has 230 valence electrons. The van der Waals surface area contributed by atoms with Gasteiger partial charge in [-0.1, -0.05) is 12.1 Å². The average molecular weight is 599 g/mol. The number of likely N-dealkylation sites (tertiary alicyclic amines) is 1. The normalized spacial score (nSPS) is 18.2. The molecule has 12 nitrogen and oxygen atoms in total. The summed E-state index contributed by atoms with van der Waals surface area (Å²) < 4.78 is 8.72. The van der Waals surface area contributed by atoms with Crippen LogP contribution in [0.3, 0.4) is 0 Å². The van der Waals surface area contributed by atoms with Crippen molar-refractivity contribution in [3.8, 4) is 5.82 Å². The number of pyridine rings is 1. The van der Waals surface area contributed by atoms with Crippen LogP contribution in [-0.2, 0) is 16.9 Å². The minimum Gasteiger partial charge on any atom is -0.444 e. The van der Waals surface area contributed by atoms with Crippen LogP contribution >= 0.6 is 0 Å². The number of aliphatic hydroxyl groups is 1. The number of amides is 1. The predicted molar refractivity (Wildman–Crippen MR) is 169 cm³/mol. The second-order valence-electron chi connectivity index (χ2n) is 12.9. The topological polar surface area (TPSA) is 131 Å². The van der Waals surface area contributed by atoms with Crippen LogP contribution in [-0.4, -0.2) is 71.2 Å². The maximum absolute atomic E-state index is 13.3. The van der Waals surface area contributed by atoms with Crippen LogP contribution in [0.2, 0.25) is 0 Å². The van der Waals surface area contributed by atoms with Crippen LogP contribution in [0.5, 0.6) is 0 Å². The van der Waals surface area contributed by atoms with Crippen molar-refractivity contribution in [2.75, 3.05) is 23.3 Å². The maximum atomic E-state index is 13.3. The molecule has 44 heavy (non-hydrogen) atoms. The number of nitrogens with one attached hydrogen (secondary N) is 1. The van der Waals surface area contributed by atoms with E-state index in [0.717, 1.165) is 24.3 Å². The van der Waals surface area contributed by atoms with Gasteiger partial charge in [0.15, 0.2) is 11.5 Å². The monoisotopic (exact) mass is 598 g/mol. The molecule has 2 aliphatic heterocycles. The SMILES string of the molecule is C=CCn1c(=O)c2cnc(Nc3ccc(N4C[C@@H]5C[C@H]4CN5C(=O)OC(C)(C)C)cc3)nc2n1-c1cccc(C(C)(C)O)n1. The smallest absolute Gasteiger partial charge is 0.410 e. The first-order chi connectivity index (χ1) is 20.8. The highest BCUT2D eigenvalue weighted by Gasteiger charge is 2.46. The first-order valence-electron chi connectivity index (χ1n) is 14.8. The van der Waals surface area contributed by atoms with E-state index in [-0.39, 0.29) is 30.3 Å². The third-order valence-corrected chi connectivity index (χ3v) is 7.88. The summed E-state index contributed by atoms with van der Waals surface area (Å²) in [5.41, 5.74) is 0.770. The lowest BCUT2D eigenvalue weighted by Gasteiger charge is -2.36. The van der Waals surface area contributed by atoms with E-state index in [4.69, 9.17) is 9.72 Å². The van der Waals surface area contributed by atoms with Gasteiger partial charge >= 0.3 is 6.09 Å². The number of fused-ring (bicyclic) bond motifs is 3. The third kappa shape index (κ3) is 5.52. The molecule has 2 atom stereocenters. The molecule has 5 heterocycles. The molecule has 2 N–H and O–H groups in total. The summed E-state index contributed by atoms with van der Waals surface area (Å²) in [6, 6.07) is 13.7. The molecule has 1 amide bonds. The Balaban J connectivity index is 1.23. The van der Waals surface area contributed by atoms with Crippen LogP contribution in [0.4, 0.5) is 22.1 Å². The number of hydrogen-bond donors (Lipinski definition) is 2. The Kier molecular flexibility index (Phi) is 7.19. The largest absolute Gasteiger partial charge is 0.444 e. The molecule has 2 bridgehead atoms. The number of hydrogen-bond acceptors (Lipinski definition) is 9. The van der Waals surface area contributed by atoms with Crippen molar-refractivity contribution in [3.05, 3.63) is 77.4 Å². The Hall–Kier alpha value is -4.71. The first kappa shape index (κ1) is 29.4. The number of aromatic nitrogens is 5. The first-order valence-corrected chi connectivity index (χ1v) is 14.8. The molecule has 0 aliphatic carbocycles. The lowest BCUT2D eigenvalue weighted by molar-refractivity contribution is 0.0214. The number of ether oxygens (including phenoxy) is 1. The van der Waals surface area contributed by atoms with Crippen molar-refractivity contribution < 1.29 is 14.6 Å². The molecule has 12 heteroatoms. The van der Waals surface area contributed by atoms with Crippen molar-refractivity contribution in [1.82, 2.24) is 29.2 Å². The lowest BCUT2D eigenvalue weighted by Crippen LogP contribution is -2.50. The summed E-state index contributed by atoms with van der Waals surface area (Å²) in [6.07, 6.45) is 3.82. The number of allylic oxidation sites excluding steroid dienone is 1. The summed E-state index contributed by atoms with van der Waals surface area (Å²) in [6.45, 7) is 14.4. The van der Waals surface area contributed by atoms with E-state index in [2.05, 4.69) is 26.8 Å². The number of piperazine rings is 1. The van der Waals surface area contributed by atoms with Crippen molar-refractivity contribution >= 4 is 34.4 Å². The number of carbonyl (C=O) groups is 1. The van der Waals surface area contributed by atoms with Gasteiger partial charge in [0.25, 0.3) is 5.56 Å². The fourth-order valence-electron chi connectivity index (χ4n) is 5.88. The Morgan fingerprint density at radius 2 is 1.84 bits per heavy atom. The van der Waals surface area contributed by atoms with E-state index in [0.29, 0.717) is 35.0 Å². The highest BCUT2D eigenvalue weighted by Crippen LogP contribution is 2.36. The van der Waals surface area contributed by atoms with E-state index in [9.17, 15) is 14.7 Å². The number of benzene rings is 1. The Morgan fingerprint density at radius 1 is 1.09 bits per heavy atom. The highest BCUT2D eigenvalue weighted by atomic mass is 16.6. The standard InChI is InChI=1S/C32H38N8O4/c1-7-15-39-28(41)24-17-33-29(36-27(24)40(39)26-10-8-9-25(35-26)32(5,6)43)34-20-11-13-21(14-12-20)37-18-23-16-22(37)19-38(23)30(42)44-31(2,3)4/h7-14,17,22-23,43H,1,15-16,18-19H2,2-6H3,(H,33,34,36)/t22-,23-/m0/s1. The van der Waals surface area contributed by atoms with Gasteiger partial charge in [-0.25, -0.2) is 24.1 Å². The fourth-order valence-corrected chi connectivity index (χ4v) is 5.88. The zero-order valence-corrected chi connectivity index (χ0v) is 25.7. The molecule has 0 radical (unpaired) electrons. The van der Waals surface area contributed by atoms with Crippen LogP contribution in [0.25, 0.3) is 16.9 Å². The Labute approximate surface area is 255 Å². The zero-order valence-electron chi connectivity index (χ0n) is 25.7. The van der Waals surface area contributed by atoms with Gasteiger partial charge < -0.3 is 25.0 Å². The molecule has 4 aromatic rings. The second-order valence-corrected chi connectivity index (χ2v) is 12.9. The van der Waals surface area contributed by atoms with Gasteiger partial charge in [-0.2, -0.15) is 4.98 Å². The van der Waals surface area contributed by atoms with Gasteiger partial charge in [0.2, 0.25) is 5.95 Å². The van der Waals surface area contributed by atoms with Crippen LogP contribution in [0.15, 0.2) is 66.1 Å². The molecule has 3 aromatic heterocycles. The van der Waals surface area contributed by atoms with Gasteiger partial charge in [0, 0.05) is 36.7 Å². The molecule has 1 aromatic carbocycles. The summed E-state index contributed by atoms with van der Waals surface area (Å²) >= 11 is 0. The quantitative estimate of drug-likeness (QED) is 0.299. The molecule has 2 fully saturated rings. The zero-order chi connectivity index (χ0) is 31.4. The lowest BCUT2D eigenvalue weighted by atomic mass is 10.1. The molecule has 0 saturated carbocycles. The van der Waals surface area contributed by atoms with Crippen LogP contribution in [0, 0.1) is 0 Å². The van der Waals surface area contributed by atoms with Gasteiger partial charge in [-0.15, -0.1) is 6.58 Å². The van der Waals surface area contributed by atoms with Crippen molar-refractivity contribution in [1.29, 1.82) is 0 Å². The average Bonchev–Trinajstić information content (AvgIpc) is 3.65. The minimum absolute atomic E-state index is 0.136. The maximum Gasteiger partial charge on any atom is 0.410 e. The van der Waals surface area contributed by atoms with Crippen molar-refractivity contribution in [2.24, 2.45) is 0 Å². The van der Waals surface area contributed by atoms with E-state index in [1.54, 1.807) is 42.8 Å². The minimum atomic E-state index is -1.16. The molecule has 0 spiro atoms. The molecule has 2 saturated heterocycles. The number of nitrogens with zero attached hydrogens (tertiary/aromatic N) is 7. The fraction of sp³-hybridized carbons (Fsp3) is 0.406. The van der Waals surface area contributed by atoms with Crippen molar-refractivity contribution in [2.45, 2.75) is 70.9 Å². The van der Waals surface area contributed by atoms with E-state index in [1.165, 1.54) is 10.9 Å². The number of carbonyl (C=O) groups excluding carboxylic acids is 1. The van der Waals surface area contributed by atoms with Crippen molar-refractivity contribution in [3.63, 3.8) is 0 Å². The van der Waals surface area contributed by atoms with E-state index in [1.807, 2.05) is 49.9 Å². The summed E-state index contributed by atoms with van der Waals surface area (Å²) in [5, 5.41) is 14.1. The molecular weight excluding hydrogens is 560 g/mol. The number of rotatable bonds is 7. The molecule has 0 unspecified atom stereocenters. The van der Waals surface area contributed by atoms with Gasteiger partial charge in [-0.3, -0.25) is 4.79 Å². The third-order valence-electron chi connectivity index (χ3n) is 7.88. The predicted octanol–water partition coefficient (Wildman–Crippen LogP) is 4.33. The molecule has 2 aliphatic rings. The van der Waals surface area contributed by atoms with Gasteiger partial charge in [0.05, 0.1) is 18.3 Å². The number of anilines is 3. The summed E-state index contributed by atoms with van der Waals surface area (Å²) in [5.74, 6) is 0.763. The van der Waals surface area contributed by atoms with E-state index < -0.39 is 11.2 Å². The Bertz CT molecular complexity index is 1780. The van der Waals surface area contributed by atoms with E-state index >= 15 is 0 Å². The van der Waals surface area contributed by atoms with Gasteiger partial charge in [0.1, 0.15) is 16.6 Å².